The zero-order valence-electron chi connectivity index (χ0n) is 10.7. The molecular formula is C15H16FNO2. The number of aliphatic hydroxyl groups is 1. The summed E-state index contributed by atoms with van der Waals surface area (Å²) in [6.07, 6.45) is 0. The lowest BCUT2D eigenvalue weighted by atomic mass is 10.2. The summed E-state index contributed by atoms with van der Waals surface area (Å²) in [5.41, 5.74) is 1.57. The van der Waals surface area contributed by atoms with Crippen LogP contribution in [-0.4, -0.2) is 12.2 Å². The van der Waals surface area contributed by atoms with E-state index in [0.29, 0.717) is 18.0 Å². The molecule has 4 heteroatoms. The lowest BCUT2D eigenvalue weighted by molar-refractivity contribution is 0.281. The van der Waals surface area contributed by atoms with Gasteiger partial charge >= 0.3 is 0 Å². The summed E-state index contributed by atoms with van der Waals surface area (Å²) < 4.78 is 19.1. The Morgan fingerprint density at radius 3 is 2.63 bits per heavy atom. The van der Waals surface area contributed by atoms with Gasteiger partial charge in [0, 0.05) is 12.6 Å². The number of halogens is 1. The van der Waals surface area contributed by atoms with E-state index in [1.807, 2.05) is 0 Å². The van der Waals surface area contributed by atoms with E-state index in [1.165, 1.54) is 12.1 Å². The fraction of sp³-hybridized carbons (Fsp3) is 0.200. The molecule has 0 aliphatic rings. The molecule has 0 aliphatic heterocycles. The van der Waals surface area contributed by atoms with E-state index < -0.39 is 0 Å². The van der Waals surface area contributed by atoms with Crippen molar-refractivity contribution >= 4 is 0 Å². The van der Waals surface area contributed by atoms with Gasteiger partial charge in [-0.2, -0.15) is 0 Å². The first-order chi connectivity index (χ1) is 9.21. The summed E-state index contributed by atoms with van der Waals surface area (Å²) in [6.45, 7) is 0.524. The summed E-state index contributed by atoms with van der Waals surface area (Å²) in [4.78, 5) is 0. The van der Waals surface area contributed by atoms with E-state index in [1.54, 1.807) is 37.4 Å². The van der Waals surface area contributed by atoms with Crippen molar-refractivity contribution in [3.05, 3.63) is 59.4 Å². The summed E-state index contributed by atoms with van der Waals surface area (Å²) in [5, 5.41) is 12.0. The minimum absolute atomic E-state index is 0.0502. The van der Waals surface area contributed by atoms with Crippen molar-refractivity contribution < 1.29 is 14.2 Å². The molecule has 100 valence electrons. The lowest BCUT2D eigenvalue weighted by Gasteiger charge is -2.09. The van der Waals surface area contributed by atoms with Gasteiger partial charge in [0.25, 0.3) is 0 Å². The highest BCUT2D eigenvalue weighted by Crippen LogP contribution is 2.24. The minimum Gasteiger partial charge on any atom is -0.457 e. The maximum Gasteiger partial charge on any atom is 0.130 e. The zero-order chi connectivity index (χ0) is 13.7. The first-order valence-electron chi connectivity index (χ1n) is 6.03. The first-order valence-corrected chi connectivity index (χ1v) is 6.03. The highest BCUT2D eigenvalue weighted by atomic mass is 19.1. The molecular weight excluding hydrogens is 245 g/mol. The van der Waals surface area contributed by atoms with Gasteiger partial charge in [0.2, 0.25) is 0 Å². The predicted molar refractivity (Wildman–Crippen MR) is 71.6 cm³/mol. The number of ether oxygens (including phenoxy) is 1. The van der Waals surface area contributed by atoms with E-state index in [0.717, 1.165) is 11.1 Å². The second-order valence-corrected chi connectivity index (χ2v) is 4.23. The second kappa shape index (κ2) is 6.31. The molecule has 0 aromatic heterocycles. The van der Waals surface area contributed by atoms with E-state index in [-0.39, 0.29) is 12.4 Å². The van der Waals surface area contributed by atoms with Crippen LogP contribution in [0.25, 0.3) is 0 Å². The summed E-state index contributed by atoms with van der Waals surface area (Å²) in [5.74, 6) is 0.689. The molecule has 2 aromatic rings. The van der Waals surface area contributed by atoms with Gasteiger partial charge in [-0.3, -0.25) is 0 Å². The summed E-state index contributed by atoms with van der Waals surface area (Å²) in [7, 11) is 1.80. The molecule has 3 nitrogen and oxygen atoms in total. The van der Waals surface area contributed by atoms with Crippen molar-refractivity contribution in [2.45, 2.75) is 13.2 Å². The number of aliphatic hydroxyl groups excluding tert-OH is 1. The van der Waals surface area contributed by atoms with Gasteiger partial charge in [-0.25, -0.2) is 4.39 Å². The molecule has 0 amide bonds. The van der Waals surface area contributed by atoms with Crippen molar-refractivity contribution in [2.24, 2.45) is 0 Å². The number of benzene rings is 2. The van der Waals surface area contributed by atoms with Gasteiger partial charge in [0.05, 0.1) is 6.61 Å². The van der Waals surface area contributed by atoms with Crippen molar-refractivity contribution in [3.63, 3.8) is 0 Å². The Morgan fingerprint density at radius 2 is 1.89 bits per heavy atom. The van der Waals surface area contributed by atoms with Crippen molar-refractivity contribution in [1.82, 2.24) is 5.32 Å². The number of hydrogen-bond donors (Lipinski definition) is 2. The van der Waals surface area contributed by atoms with Crippen LogP contribution < -0.4 is 10.1 Å². The molecule has 0 heterocycles. The third-order valence-electron chi connectivity index (χ3n) is 2.63. The van der Waals surface area contributed by atoms with Crippen LogP contribution in [0.5, 0.6) is 11.5 Å². The molecule has 0 saturated carbocycles. The van der Waals surface area contributed by atoms with Crippen molar-refractivity contribution in [3.8, 4) is 11.5 Å². The quantitative estimate of drug-likeness (QED) is 0.869. The Balaban J connectivity index is 2.22. The minimum atomic E-state index is -0.332. The molecule has 2 aromatic carbocycles. The Hall–Kier alpha value is -1.91. The molecule has 0 radical (unpaired) electrons. The number of nitrogens with one attached hydrogen (secondary N) is 1. The van der Waals surface area contributed by atoms with E-state index in [2.05, 4.69) is 5.32 Å². The zero-order valence-corrected chi connectivity index (χ0v) is 10.7. The SMILES string of the molecule is CNCc1cc(F)cc(Oc2cccc(CO)c2)c1. The molecule has 0 saturated heterocycles. The van der Waals surface area contributed by atoms with Gasteiger partial charge in [-0.05, 0) is 42.4 Å². The van der Waals surface area contributed by atoms with Gasteiger partial charge < -0.3 is 15.2 Å². The monoisotopic (exact) mass is 261 g/mol. The normalized spacial score (nSPS) is 10.5. The molecule has 2 rings (SSSR count). The average Bonchev–Trinajstić information content (AvgIpc) is 2.38. The molecule has 19 heavy (non-hydrogen) atoms. The summed E-state index contributed by atoms with van der Waals surface area (Å²) >= 11 is 0. The van der Waals surface area contributed by atoms with Gasteiger partial charge in [-0.15, -0.1) is 0 Å². The van der Waals surface area contributed by atoms with E-state index in [4.69, 9.17) is 9.84 Å². The Kier molecular flexibility index (Phi) is 4.49. The highest BCUT2D eigenvalue weighted by molar-refractivity contribution is 5.36. The molecule has 2 N–H and O–H groups in total. The molecule has 0 unspecified atom stereocenters. The Morgan fingerprint density at radius 1 is 1.11 bits per heavy atom. The standard InChI is InChI=1S/C15H16FNO2/c1-17-9-12-5-13(16)8-15(7-12)19-14-4-2-3-11(6-14)10-18/h2-8,17-18H,9-10H2,1H3. The molecule has 0 aliphatic carbocycles. The molecule has 0 bridgehead atoms. The van der Waals surface area contributed by atoms with Crippen LogP contribution in [0, 0.1) is 5.82 Å². The van der Waals surface area contributed by atoms with Gasteiger partial charge in [-0.1, -0.05) is 12.1 Å². The van der Waals surface area contributed by atoms with Crippen molar-refractivity contribution in [2.75, 3.05) is 7.05 Å². The van der Waals surface area contributed by atoms with Crippen LogP contribution in [0.15, 0.2) is 42.5 Å². The maximum absolute atomic E-state index is 13.5. The van der Waals surface area contributed by atoms with Crippen LogP contribution in [0.2, 0.25) is 0 Å². The van der Waals surface area contributed by atoms with Crippen LogP contribution in [0.3, 0.4) is 0 Å². The maximum atomic E-state index is 13.5. The van der Waals surface area contributed by atoms with Crippen LogP contribution in [0.4, 0.5) is 4.39 Å². The fourth-order valence-electron chi connectivity index (χ4n) is 1.83. The highest BCUT2D eigenvalue weighted by Gasteiger charge is 2.03. The Bertz CT molecular complexity index is 558. The van der Waals surface area contributed by atoms with Gasteiger partial charge in [0.15, 0.2) is 0 Å². The third kappa shape index (κ3) is 3.77. The molecule has 0 fully saturated rings. The average molecular weight is 261 g/mol. The van der Waals surface area contributed by atoms with Crippen molar-refractivity contribution in [1.29, 1.82) is 0 Å². The molecule has 0 atom stereocenters. The molecule has 0 spiro atoms. The van der Waals surface area contributed by atoms with Crippen LogP contribution >= 0.6 is 0 Å². The second-order valence-electron chi connectivity index (χ2n) is 4.23. The Labute approximate surface area is 111 Å². The number of hydrogen-bond acceptors (Lipinski definition) is 3. The van der Waals surface area contributed by atoms with E-state index in [9.17, 15) is 4.39 Å². The third-order valence-corrected chi connectivity index (χ3v) is 2.63. The van der Waals surface area contributed by atoms with E-state index >= 15 is 0 Å². The fourth-order valence-corrected chi connectivity index (χ4v) is 1.83. The predicted octanol–water partition coefficient (Wildman–Crippen LogP) is 2.83. The first kappa shape index (κ1) is 13.5. The van der Waals surface area contributed by atoms with Crippen LogP contribution in [-0.2, 0) is 13.2 Å². The summed E-state index contributed by atoms with van der Waals surface area (Å²) in [6, 6.07) is 11.7. The topological polar surface area (TPSA) is 41.5 Å². The van der Waals surface area contributed by atoms with Crippen LogP contribution in [0.1, 0.15) is 11.1 Å². The largest absolute Gasteiger partial charge is 0.457 e. The number of rotatable bonds is 5. The smallest absolute Gasteiger partial charge is 0.130 e. The van der Waals surface area contributed by atoms with Gasteiger partial charge in [0.1, 0.15) is 17.3 Å². The lowest BCUT2D eigenvalue weighted by Crippen LogP contribution is -2.05.